The Hall–Kier alpha value is -2.46. The minimum atomic E-state index is -0.171. The number of rotatable bonds is 7. The fraction of sp³-hybridized carbons (Fsp3) is 0.263. The number of amides is 2. The number of carbonyl (C=O) groups excluding carboxylic acids is 2. The number of hydrogen-bond acceptors (Lipinski definition) is 3. The molecule has 0 radical (unpaired) electrons. The van der Waals surface area contributed by atoms with Crippen molar-refractivity contribution in [2.75, 3.05) is 19.6 Å². The molecule has 0 aromatic heterocycles. The third-order valence-corrected chi connectivity index (χ3v) is 4.05. The van der Waals surface area contributed by atoms with Crippen molar-refractivity contribution in [2.24, 2.45) is 0 Å². The number of hydrogen-bond donors (Lipinski definition) is 1. The summed E-state index contributed by atoms with van der Waals surface area (Å²) in [7, 11) is 0. The largest absolute Gasteiger partial charge is 0.316 e. The lowest BCUT2D eigenvalue weighted by Crippen LogP contribution is -2.32. The fourth-order valence-corrected chi connectivity index (χ4v) is 2.81. The lowest BCUT2D eigenvalue weighted by Gasteiger charge is -2.13. The van der Waals surface area contributed by atoms with Crippen LogP contribution in [0.2, 0.25) is 0 Å². The molecule has 0 aliphatic carbocycles. The molecule has 4 nitrogen and oxygen atoms in total. The molecule has 1 N–H and O–H groups in total. The highest BCUT2D eigenvalue weighted by molar-refractivity contribution is 6.21. The Labute approximate surface area is 136 Å². The Bertz CT molecular complexity index is 663. The van der Waals surface area contributed by atoms with Crippen LogP contribution in [-0.4, -0.2) is 36.3 Å². The third-order valence-electron chi connectivity index (χ3n) is 4.05. The highest BCUT2D eigenvalue weighted by Gasteiger charge is 2.34. The van der Waals surface area contributed by atoms with Gasteiger partial charge in [0, 0.05) is 6.54 Å². The van der Waals surface area contributed by atoms with Crippen molar-refractivity contribution in [1.82, 2.24) is 10.2 Å². The van der Waals surface area contributed by atoms with Crippen molar-refractivity contribution in [2.45, 2.75) is 12.8 Å². The van der Waals surface area contributed by atoms with Crippen LogP contribution in [-0.2, 0) is 6.42 Å². The molecular formula is C19H20N2O2. The van der Waals surface area contributed by atoms with Crippen LogP contribution in [0.1, 0.15) is 32.7 Å². The van der Waals surface area contributed by atoms with Crippen LogP contribution in [0.5, 0.6) is 0 Å². The van der Waals surface area contributed by atoms with E-state index in [1.807, 2.05) is 18.2 Å². The van der Waals surface area contributed by atoms with Crippen molar-refractivity contribution < 1.29 is 9.59 Å². The van der Waals surface area contributed by atoms with Gasteiger partial charge in [-0.2, -0.15) is 0 Å². The monoisotopic (exact) mass is 308 g/mol. The summed E-state index contributed by atoms with van der Waals surface area (Å²) in [5.74, 6) is -0.343. The van der Waals surface area contributed by atoms with E-state index in [4.69, 9.17) is 0 Å². The average molecular weight is 308 g/mol. The Morgan fingerprint density at radius 3 is 2.04 bits per heavy atom. The second-order valence-corrected chi connectivity index (χ2v) is 5.65. The van der Waals surface area contributed by atoms with Gasteiger partial charge in [0.1, 0.15) is 0 Å². The third kappa shape index (κ3) is 3.48. The standard InChI is InChI=1S/C19H20N2O2/c22-18-16-9-4-5-10-17(16)19(23)21(18)14-6-12-20-13-11-15-7-2-1-3-8-15/h1-5,7-10,20H,6,11-14H2. The molecule has 1 aliphatic rings. The fourth-order valence-electron chi connectivity index (χ4n) is 2.81. The van der Waals surface area contributed by atoms with Crippen molar-refractivity contribution in [1.29, 1.82) is 0 Å². The lowest BCUT2D eigenvalue weighted by atomic mass is 10.1. The molecule has 118 valence electrons. The first-order chi connectivity index (χ1) is 11.3. The highest BCUT2D eigenvalue weighted by Crippen LogP contribution is 2.22. The molecular weight excluding hydrogens is 288 g/mol. The van der Waals surface area contributed by atoms with E-state index in [-0.39, 0.29) is 11.8 Å². The Morgan fingerprint density at radius 2 is 1.39 bits per heavy atom. The molecule has 2 aromatic carbocycles. The zero-order valence-corrected chi connectivity index (χ0v) is 13.0. The van der Waals surface area contributed by atoms with Gasteiger partial charge in [0.25, 0.3) is 11.8 Å². The molecule has 0 atom stereocenters. The van der Waals surface area contributed by atoms with Crippen LogP contribution in [0.25, 0.3) is 0 Å². The van der Waals surface area contributed by atoms with E-state index in [0.29, 0.717) is 17.7 Å². The molecule has 0 saturated heterocycles. The van der Waals surface area contributed by atoms with Gasteiger partial charge in [-0.3, -0.25) is 14.5 Å². The lowest BCUT2D eigenvalue weighted by molar-refractivity contribution is 0.0652. The number of imide groups is 1. The Balaban J connectivity index is 1.40. The molecule has 2 amide bonds. The molecule has 1 heterocycles. The average Bonchev–Trinajstić information content (AvgIpc) is 2.84. The van der Waals surface area contributed by atoms with Crippen LogP contribution in [0.4, 0.5) is 0 Å². The van der Waals surface area contributed by atoms with Gasteiger partial charge in [0.2, 0.25) is 0 Å². The summed E-state index contributed by atoms with van der Waals surface area (Å²) in [5, 5.41) is 3.36. The molecule has 0 bridgehead atoms. The molecule has 0 spiro atoms. The molecule has 0 unspecified atom stereocenters. The van der Waals surface area contributed by atoms with E-state index in [1.54, 1.807) is 24.3 Å². The number of carbonyl (C=O) groups is 2. The maximum atomic E-state index is 12.2. The number of nitrogens with one attached hydrogen (secondary N) is 1. The Morgan fingerprint density at radius 1 is 0.783 bits per heavy atom. The molecule has 4 heteroatoms. The number of nitrogens with zero attached hydrogens (tertiary/aromatic N) is 1. The zero-order valence-electron chi connectivity index (χ0n) is 13.0. The van der Waals surface area contributed by atoms with Gasteiger partial charge in [-0.1, -0.05) is 42.5 Å². The minimum Gasteiger partial charge on any atom is -0.316 e. The summed E-state index contributed by atoms with van der Waals surface area (Å²) < 4.78 is 0. The second kappa shape index (κ2) is 7.20. The van der Waals surface area contributed by atoms with Crippen molar-refractivity contribution >= 4 is 11.8 Å². The van der Waals surface area contributed by atoms with Gasteiger partial charge >= 0.3 is 0 Å². The van der Waals surface area contributed by atoms with Gasteiger partial charge < -0.3 is 5.32 Å². The number of benzene rings is 2. The summed E-state index contributed by atoms with van der Waals surface area (Å²) in [6.45, 7) is 2.15. The van der Waals surface area contributed by atoms with Gasteiger partial charge in [0.05, 0.1) is 11.1 Å². The van der Waals surface area contributed by atoms with Crippen molar-refractivity contribution in [3.63, 3.8) is 0 Å². The maximum absolute atomic E-state index is 12.2. The van der Waals surface area contributed by atoms with Crippen LogP contribution in [0.15, 0.2) is 54.6 Å². The van der Waals surface area contributed by atoms with Crippen LogP contribution in [0, 0.1) is 0 Å². The van der Waals surface area contributed by atoms with Gasteiger partial charge in [0.15, 0.2) is 0 Å². The van der Waals surface area contributed by atoms with E-state index in [0.717, 1.165) is 25.9 Å². The smallest absolute Gasteiger partial charge is 0.261 e. The molecule has 1 aliphatic heterocycles. The van der Waals surface area contributed by atoms with Gasteiger partial charge in [-0.05, 0) is 43.6 Å². The Kier molecular flexibility index (Phi) is 4.83. The summed E-state index contributed by atoms with van der Waals surface area (Å²) in [6.07, 6.45) is 1.74. The molecule has 0 fully saturated rings. The van der Waals surface area contributed by atoms with Gasteiger partial charge in [-0.15, -0.1) is 0 Å². The second-order valence-electron chi connectivity index (χ2n) is 5.65. The van der Waals surface area contributed by atoms with Crippen LogP contribution < -0.4 is 5.32 Å². The van der Waals surface area contributed by atoms with E-state index in [1.165, 1.54) is 10.5 Å². The minimum absolute atomic E-state index is 0.171. The summed E-state index contributed by atoms with van der Waals surface area (Å²) >= 11 is 0. The summed E-state index contributed by atoms with van der Waals surface area (Å²) in [4.78, 5) is 25.7. The van der Waals surface area contributed by atoms with Crippen molar-refractivity contribution in [3.8, 4) is 0 Å². The van der Waals surface area contributed by atoms with Crippen LogP contribution >= 0.6 is 0 Å². The molecule has 3 rings (SSSR count). The molecule has 23 heavy (non-hydrogen) atoms. The van der Waals surface area contributed by atoms with Crippen LogP contribution in [0.3, 0.4) is 0 Å². The van der Waals surface area contributed by atoms with Crippen molar-refractivity contribution in [3.05, 3.63) is 71.3 Å². The predicted molar refractivity (Wildman–Crippen MR) is 89.4 cm³/mol. The maximum Gasteiger partial charge on any atom is 0.261 e. The van der Waals surface area contributed by atoms with E-state index in [2.05, 4.69) is 17.4 Å². The van der Waals surface area contributed by atoms with E-state index in [9.17, 15) is 9.59 Å². The first-order valence-electron chi connectivity index (χ1n) is 7.97. The summed E-state index contributed by atoms with van der Waals surface area (Å²) in [5.41, 5.74) is 2.35. The van der Waals surface area contributed by atoms with E-state index >= 15 is 0 Å². The topological polar surface area (TPSA) is 49.4 Å². The zero-order chi connectivity index (χ0) is 16.1. The predicted octanol–water partition coefficient (Wildman–Crippen LogP) is 2.51. The molecule has 0 saturated carbocycles. The SMILES string of the molecule is O=C1c2ccccc2C(=O)N1CCCNCCc1ccccc1. The normalized spacial score (nSPS) is 13.5. The quantitative estimate of drug-likeness (QED) is 0.631. The summed E-state index contributed by atoms with van der Waals surface area (Å²) in [6, 6.07) is 17.3. The highest BCUT2D eigenvalue weighted by atomic mass is 16.2. The van der Waals surface area contributed by atoms with E-state index < -0.39 is 0 Å². The van der Waals surface area contributed by atoms with Gasteiger partial charge in [-0.25, -0.2) is 0 Å². The first-order valence-corrected chi connectivity index (χ1v) is 7.97. The molecule has 2 aromatic rings. The first kappa shape index (κ1) is 15.4. The number of fused-ring (bicyclic) bond motifs is 1.